The minimum absolute atomic E-state index is 0.453. The van der Waals surface area contributed by atoms with Gasteiger partial charge in [-0.1, -0.05) is 23.7 Å². The highest BCUT2D eigenvalue weighted by molar-refractivity contribution is 6.33. The summed E-state index contributed by atoms with van der Waals surface area (Å²) >= 11 is 6.76. The first kappa shape index (κ1) is 20.4. The van der Waals surface area contributed by atoms with Gasteiger partial charge >= 0.3 is 5.95 Å². The van der Waals surface area contributed by atoms with E-state index in [0.29, 0.717) is 16.2 Å². The third-order valence-electron chi connectivity index (χ3n) is 5.60. The lowest BCUT2D eigenvalue weighted by molar-refractivity contribution is 0.338. The molecule has 3 heterocycles. The molecule has 1 aromatic carbocycles. The molecule has 0 bridgehead atoms. The molecule has 0 aliphatic carbocycles. The molecule has 8 heteroatoms. The second kappa shape index (κ2) is 8.08. The van der Waals surface area contributed by atoms with Crippen LogP contribution in [0.5, 0.6) is 0 Å². The lowest BCUT2D eigenvalue weighted by Gasteiger charge is -2.43. The van der Waals surface area contributed by atoms with Crippen LogP contribution in [0, 0.1) is 6.92 Å². The number of anilines is 3. The molecule has 3 aromatic rings. The molecule has 2 aromatic heterocycles. The van der Waals surface area contributed by atoms with Crippen LogP contribution < -0.4 is 20.0 Å². The van der Waals surface area contributed by atoms with E-state index in [4.69, 9.17) is 22.3 Å². The Morgan fingerprint density at radius 2 is 1.83 bits per heavy atom. The molecule has 156 valence electrons. The van der Waals surface area contributed by atoms with E-state index in [-0.39, 0.29) is 0 Å². The van der Waals surface area contributed by atoms with Gasteiger partial charge in [-0.05, 0) is 30.7 Å². The first-order chi connectivity index (χ1) is 14.4. The van der Waals surface area contributed by atoms with Crippen LogP contribution in [0.3, 0.4) is 0 Å². The Morgan fingerprint density at radius 1 is 1.07 bits per heavy atom. The van der Waals surface area contributed by atoms with Gasteiger partial charge in [-0.3, -0.25) is 0 Å². The van der Waals surface area contributed by atoms with Crippen molar-refractivity contribution in [1.82, 2.24) is 19.4 Å². The van der Waals surface area contributed by atoms with Crippen LogP contribution in [0.25, 0.3) is 0 Å². The van der Waals surface area contributed by atoms with Crippen LogP contribution in [0.15, 0.2) is 48.7 Å². The van der Waals surface area contributed by atoms with E-state index in [2.05, 4.69) is 27.0 Å². The number of aromatic nitrogens is 3. The average molecular weight is 425 g/mol. The van der Waals surface area contributed by atoms with Gasteiger partial charge in [0.15, 0.2) is 5.69 Å². The Balaban J connectivity index is 1.80. The first-order valence-electron chi connectivity index (χ1n) is 10.0. The molecule has 0 saturated carbocycles. The van der Waals surface area contributed by atoms with Crippen molar-refractivity contribution in [2.75, 3.05) is 55.8 Å². The number of nitrogens with two attached hydrogens (primary N) is 1. The molecular weight excluding hydrogens is 398 g/mol. The highest BCUT2D eigenvalue weighted by Gasteiger charge is 2.42. The fraction of sp³-hybridized carbons (Fsp3) is 0.318. The van der Waals surface area contributed by atoms with Gasteiger partial charge in [0.25, 0.3) is 0 Å². The van der Waals surface area contributed by atoms with Gasteiger partial charge in [0.05, 0.1) is 13.1 Å². The molecule has 1 aliphatic rings. The van der Waals surface area contributed by atoms with Crippen molar-refractivity contribution in [1.29, 1.82) is 0 Å². The van der Waals surface area contributed by atoms with Crippen molar-refractivity contribution in [3.8, 4) is 0 Å². The van der Waals surface area contributed by atoms with Gasteiger partial charge in [0, 0.05) is 32.4 Å². The van der Waals surface area contributed by atoms with Gasteiger partial charge in [-0.2, -0.15) is 9.97 Å². The quantitative estimate of drug-likeness (QED) is 0.645. The number of halogens is 1. The number of rotatable bonds is 4. The van der Waals surface area contributed by atoms with Crippen molar-refractivity contribution in [2.45, 2.75) is 6.92 Å². The summed E-state index contributed by atoms with van der Waals surface area (Å²) in [6.45, 7) is 5.17. The second-order valence-corrected chi connectivity index (χ2v) is 8.30. The third-order valence-corrected chi connectivity index (χ3v) is 5.91. The van der Waals surface area contributed by atoms with E-state index in [1.807, 2.05) is 56.4 Å². The Kier molecular flexibility index (Phi) is 5.49. The summed E-state index contributed by atoms with van der Waals surface area (Å²) < 4.78 is 0.453. The van der Waals surface area contributed by atoms with Gasteiger partial charge in [0.2, 0.25) is 0 Å². The smallest absolute Gasteiger partial charge is 0.338 e. The Hall–Kier alpha value is -2.90. The van der Waals surface area contributed by atoms with Crippen LogP contribution in [-0.2, 0) is 0 Å². The Bertz CT molecular complexity index is 1030. The standard InChI is InChI=1S/C22H27ClN7/c1-16-7-8-18(17(23)14-16)30(22-26-19(24)15-21(27-22)28(2)3)12-10-29(11-13-30)20-6-4-5-9-25-20/h4-9,14-15H,10-13H2,1-3H3,(H2,24,26,27)/q+1. The molecule has 1 aliphatic heterocycles. The highest BCUT2D eigenvalue weighted by Crippen LogP contribution is 2.40. The van der Waals surface area contributed by atoms with Crippen LogP contribution in [0.4, 0.5) is 29.1 Å². The number of aryl methyl sites for hydroxylation is 1. The largest absolute Gasteiger partial charge is 0.383 e. The molecule has 4 rings (SSSR count). The number of benzene rings is 1. The minimum atomic E-state index is 0.453. The number of quaternary nitrogens is 1. The number of nitrogen functional groups attached to an aromatic ring is 1. The Labute approximate surface area is 182 Å². The predicted molar refractivity (Wildman–Crippen MR) is 125 cm³/mol. The van der Waals surface area contributed by atoms with E-state index < -0.39 is 0 Å². The average Bonchev–Trinajstić information content (AvgIpc) is 2.74. The van der Waals surface area contributed by atoms with Gasteiger partial charge in [-0.25, -0.2) is 9.47 Å². The highest BCUT2D eigenvalue weighted by atomic mass is 35.5. The zero-order valence-corrected chi connectivity index (χ0v) is 18.3. The zero-order chi connectivity index (χ0) is 21.3. The monoisotopic (exact) mass is 424 g/mol. The van der Waals surface area contributed by atoms with E-state index in [1.54, 1.807) is 6.07 Å². The van der Waals surface area contributed by atoms with Crippen molar-refractivity contribution in [2.24, 2.45) is 0 Å². The van der Waals surface area contributed by atoms with Gasteiger partial charge < -0.3 is 15.5 Å². The molecule has 0 atom stereocenters. The van der Waals surface area contributed by atoms with E-state index in [1.165, 1.54) is 0 Å². The van der Waals surface area contributed by atoms with Crippen molar-refractivity contribution in [3.63, 3.8) is 0 Å². The van der Waals surface area contributed by atoms with Crippen molar-refractivity contribution < 1.29 is 0 Å². The van der Waals surface area contributed by atoms with Gasteiger partial charge in [0.1, 0.15) is 35.6 Å². The normalized spacial score (nSPS) is 15.8. The SMILES string of the molecule is Cc1ccc([N+]2(c3nc(N)cc(N(C)C)n3)CCN(c3ccccn3)CC2)c(Cl)c1. The molecule has 7 nitrogen and oxygen atoms in total. The lowest BCUT2D eigenvalue weighted by atomic mass is 10.1. The molecule has 1 saturated heterocycles. The Morgan fingerprint density at radius 3 is 2.47 bits per heavy atom. The van der Waals surface area contributed by atoms with Crippen molar-refractivity contribution in [3.05, 3.63) is 59.2 Å². The molecule has 0 radical (unpaired) electrons. The predicted octanol–water partition coefficient (Wildman–Crippen LogP) is 3.64. The summed E-state index contributed by atoms with van der Waals surface area (Å²) in [4.78, 5) is 18.3. The summed E-state index contributed by atoms with van der Waals surface area (Å²) in [6.07, 6.45) is 1.83. The maximum Gasteiger partial charge on any atom is 0.338 e. The maximum absolute atomic E-state index is 6.76. The minimum Gasteiger partial charge on any atom is -0.383 e. The zero-order valence-electron chi connectivity index (χ0n) is 17.6. The molecule has 30 heavy (non-hydrogen) atoms. The topological polar surface area (TPSA) is 71.2 Å². The number of hydrogen-bond acceptors (Lipinski definition) is 6. The number of piperazine rings is 1. The summed E-state index contributed by atoms with van der Waals surface area (Å²) in [5.74, 6) is 2.89. The fourth-order valence-electron chi connectivity index (χ4n) is 3.94. The van der Waals surface area contributed by atoms with Crippen LogP contribution in [-0.4, -0.2) is 55.2 Å². The van der Waals surface area contributed by atoms with E-state index in [9.17, 15) is 0 Å². The molecule has 1 fully saturated rings. The number of nitrogens with zero attached hydrogens (tertiary/aromatic N) is 6. The molecule has 2 N–H and O–H groups in total. The van der Waals surface area contributed by atoms with Crippen molar-refractivity contribution >= 4 is 40.7 Å². The number of pyridine rings is 1. The van der Waals surface area contributed by atoms with Crippen LogP contribution in [0.1, 0.15) is 5.56 Å². The second-order valence-electron chi connectivity index (χ2n) is 7.89. The van der Waals surface area contributed by atoms with E-state index in [0.717, 1.165) is 54.1 Å². The first-order valence-corrected chi connectivity index (χ1v) is 10.4. The van der Waals surface area contributed by atoms with Gasteiger partial charge in [-0.15, -0.1) is 0 Å². The number of hydrogen-bond donors (Lipinski definition) is 1. The summed E-state index contributed by atoms with van der Waals surface area (Å²) in [7, 11) is 3.90. The lowest BCUT2D eigenvalue weighted by Crippen LogP contribution is -2.58. The molecule has 0 amide bonds. The van der Waals surface area contributed by atoms with Crippen LogP contribution in [0.2, 0.25) is 5.02 Å². The molecular formula is C22H27ClN7+. The third kappa shape index (κ3) is 3.78. The fourth-order valence-corrected chi connectivity index (χ4v) is 4.34. The summed E-state index contributed by atoms with van der Waals surface area (Å²) in [5, 5.41) is 0.721. The van der Waals surface area contributed by atoms with E-state index >= 15 is 0 Å². The summed E-state index contributed by atoms with van der Waals surface area (Å²) in [5.41, 5.74) is 8.30. The molecule has 0 spiro atoms. The maximum atomic E-state index is 6.76. The summed E-state index contributed by atoms with van der Waals surface area (Å²) in [6, 6.07) is 14.0. The van der Waals surface area contributed by atoms with Crippen LogP contribution >= 0.6 is 11.6 Å². The molecule has 0 unspecified atom stereocenters.